The summed E-state index contributed by atoms with van der Waals surface area (Å²) < 4.78 is 1.76. The fourth-order valence-corrected chi connectivity index (χ4v) is 2.85. The predicted molar refractivity (Wildman–Crippen MR) is 113 cm³/mol. The van der Waals surface area contributed by atoms with Crippen LogP contribution in [0.25, 0.3) is 16.9 Å². The maximum Gasteiger partial charge on any atom is 0.269 e. The lowest BCUT2D eigenvalue weighted by Gasteiger charge is -2.01. The average Bonchev–Trinajstić information content (AvgIpc) is 3.19. The van der Waals surface area contributed by atoms with Crippen molar-refractivity contribution in [3.05, 3.63) is 107 Å². The lowest BCUT2D eigenvalue weighted by Crippen LogP contribution is -1.94. The van der Waals surface area contributed by atoms with Crippen molar-refractivity contribution in [3.8, 4) is 16.9 Å². The van der Waals surface area contributed by atoms with E-state index in [1.165, 1.54) is 12.1 Å². The Kier molecular flexibility index (Phi) is 5.11. The molecule has 0 bridgehead atoms. The van der Waals surface area contributed by atoms with Gasteiger partial charge in [-0.25, -0.2) is 4.68 Å². The molecule has 0 spiro atoms. The van der Waals surface area contributed by atoms with Crippen LogP contribution < -0.4 is 5.43 Å². The maximum atomic E-state index is 10.9. The van der Waals surface area contributed by atoms with Gasteiger partial charge in [-0.1, -0.05) is 36.4 Å². The van der Waals surface area contributed by atoms with Gasteiger partial charge < -0.3 is 0 Å². The Morgan fingerprint density at radius 2 is 1.59 bits per heavy atom. The van der Waals surface area contributed by atoms with Crippen LogP contribution in [0.5, 0.6) is 0 Å². The molecule has 0 aliphatic rings. The quantitative estimate of drug-likeness (QED) is 0.292. The highest BCUT2D eigenvalue weighted by molar-refractivity contribution is 5.89. The smallest absolute Gasteiger partial charge is 0.269 e. The minimum Gasteiger partial charge on any atom is -0.279 e. The zero-order valence-electron chi connectivity index (χ0n) is 15.3. The molecule has 142 valence electrons. The van der Waals surface area contributed by atoms with Gasteiger partial charge in [-0.2, -0.15) is 10.2 Å². The number of nitrogens with one attached hydrogen (secondary N) is 1. The molecule has 0 saturated heterocycles. The number of hydrogen-bond donors (Lipinski definition) is 1. The van der Waals surface area contributed by atoms with Crippen LogP contribution in [0, 0.1) is 10.1 Å². The largest absolute Gasteiger partial charge is 0.279 e. The van der Waals surface area contributed by atoms with Crippen LogP contribution in [0.15, 0.2) is 96.2 Å². The lowest BCUT2D eigenvalue weighted by molar-refractivity contribution is -0.384. The highest BCUT2D eigenvalue weighted by Crippen LogP contribution is 2.25. The van der Waals surface area contributed by atoms with E-state index in [2.05, 4.69) is 15.6 Å². The van der Waals surface area contributed by atoms with Crippen LogP contribution >= 0.6 is 0 Å². The number of para-hydroxylation sites is 2. The molecule has 1 aromatic heterocycles. The second kappa shape index (κ2) is 8.18. The van der Waals surface area contributed by atoms with E-state index >= 15 is 0 Å². The first-order valence-electron chi connectivity index (χ1n) is 8.95. The van der Waals surface area contributed by atoms with Gasteiger partial charge in [0, 0.05) is 29.5 Å². The van der Waals surface area contributed by atoms with Gasteiger partial charge in [0.25, 0.3) is 5.69 Å². The Bertz CT molecular complexity index is 1140. The van der Waals surface area contributed by atoms with Crippen LogP contribution in [0.4, 0.5) is 11.4 Å². The highest BCUT2D eigenvalue weighted by Gasteiger charge is 2.13. The summed E-state index contributed by atoms with van der Waals surface area (Å²) in [6.45, 7) is 0. The van der Waals surface area contributed by atoms with Crippen LogP contribution in [-0.4, -0.2) is 20.9 Å². The summed E-state index contributed by atoms with van der Waals surface area (Å²) in [5, 5.41) is 19.9. The minimum atomic E-state index is -0.418. The number of anilines is 1. The number of nitro groups is 1. The van der Waals surface area contributed by atoms with E-state index in [9.17, 15) is 10.1 Å². The number of rotatable bonds is 6. The molecule has 4 aromatic rings. The van der Waals surface area contributed by atoms with E-state index in [1.807, 2.05) is 66.9 Å². The number of hydrazone groups is 1. The number of hydrogen-bond acceptors (Lipinski definition) is 5. The monoisotopic (exact) mass is 383 g/mol. The molecule has 7 heteroatoms. The third-order valence-electron chi connectivity index (χ3n) is 4.29. The molecule has 1 N–H and O–H groups in total. The van der Waals surface area contributed by atoms with Crippen molar-refractivity contribution in [2.75, 3.05) is 5.43 Å². The molecule has 7 nitrogen and oxygen atoms in total. The van der Waals surface area contributed by atoms with E-state index in [0.717, 1.165) is 22.5 Å². The zero-order chi connectivity index (χ0) is 20.1. The summed E-state index contributed by atoms with van der Waals surface area (Å²) >= 11 is 0. The molecular formula is C22H17N5O2. The molecular weight excluding hydrogens is 366 g/mol. The Labute approximate surface area is 167 Å². The van der Waals surface area contributed by atoms with E-state index in [1.54, 1.807) is 23.0 Å². The van der Waals surface area contributed by atoms with Gasteiger partial charge >= 0.3 is 0 Å². The van der Waals surface area contributed by atoms with Crippen molar-refractivity contribution >= 4 is 17.6 Å². The third kappa shape index (κ3) is 4.19. The number of aromatic nitrogens is 2. The fraction of sp³-hybridized carbons (Fsp3) is 0. The van der Waals surface area contributed by atoms with Crippen LogP contribution in [-0.2, 0) is 0 Å². The predicted octanol–water partition coefficient (Wildman–Crippen LogP) is 4.89. The Hall–Kier alpha value is -4.26. The van der Waals surface area contributed by atoms with Gasteiger partial charge in [0.1, 0.15) is 5.69 Å². The highest BCUT2D eigenvalue weighted by atomic mass is 16.6. The number of benzene rings is 3. The molecule has 0 aliphatic heterocycles. The summed E-state index contributed by atoms with van der Waals surface area (Å²) in [4.78, 5) is 10.5. The first-order chi connectivity index (χ1) is 14.2. The van der Waals surface area contributed by atoms with Crippen LogP contribution in [0.3, 0.4) is 0 Å². The minimum absolute atomic E-state index is 0.0391. The molecule has 29 heavy (non-hydrogen) atoms. The summed E-state index contributed by atoms with van der Waals surface area (Å²) in [6, 6.07) is 25.7. The second-order valence-corrected chi connectivity index (χ2v) is 6.25. The van der Waals surface area contributed by atoms with E-state index in [0.29, 0.717) is 5.69 Å². The van der Waals surface area contributed by atoms with Gasteiger partial charge in [-0.15, -0.1) is 0 Å². The molecule has 0 fully saturated rings. The molecule has 0 amide bonds. The molecule has 0 saturated carbocycles. The SMILES string of the molecule is O=[N+]([O-])c1ccc(-c2nn(-c3ccccc3)cc2/C=N/Nc2ccccc2)cc1. The van der Waals surface area contributed by atoms with E-state index in [-0.39, 0.29) is 5.69 Å². The topological polar surface area (TPSA) is 85.3 Å². The first-order valence-corrected chi connectivity index (χ1v) is 8.95. The van der Waals surface area contributed by atoms with Crippen molar-refractivity contribution in [3.63, 3.8) is 0 Å². The summed E-state index contributed by atoms with van der Waals surface area (Å²) in [5.41, 5.74) is 7.04. The maximum absolute atomic E-state index is 10.9. The van der Waals surface area contributed by atoms with Gasteiger partial charge in [0.15, 0.2) is 0 Å². The summed E-state index contributed by atoms with van der Waals surface area (Å²) in [5.74, 6) is 0. The normalized spacial score (nSPS) is 10.9. The first kappa shape index (κ1) is 18.1. The Morgan fingerprint density at radius 1 is 0.931 bits per heavy atom. The molecule has 0 radical (unpaired) electrons. The molecule has 3 aromatic carbocycles. The van der Waals surface area contributed by atoms with Crippen LogP contribution in [0.2, 0.25) is 0 Å². The van der Waals surface area contributed by atoms with Gasteiger partial charge in [0.05, 0.1) is 22.5 Å². The van der Waals surface area contributed by atoms with Crippen molar-refractivity contribution in [1.82, 2.24) is 9.78 Å². The lowest BCUT2D eigenvalue weighted by atomic mass is 10.1. The molecule has 0 unspecified atom stereocenters. The van der Waals surface area contributed by atoms with Gasteiger partial charge in [0.2, 0.25) is 0 Å². The Morgan fingerprint density at radius 3 is 2.24 bits per heavy atom. The second-order valence-electron chi connectivity index (χ2n) is 6.25. The summed E-state index contributed by atoms with van der Waals surface area (Å²) in [6.07, 6.45) is 3.57. The standard InChI is InChI=1S/C22H17N5O2/c28-27(29)21-13-11-17(12-14-21)22-18(15-23-24-19-7-3-1-4-8-19)16-26(25-22)20-9-5-2-6-10-20/h1-16,24H/b23-15+. The third-order valence-corrected chi connectivity index (χ3v) is 4.29. The molecule has 0 atom stereocenters. The van der Waals surface area contributed by atoms with Crippen molar-refractivity contribution < 1.29 is 4.92 Å². The van der Waals surface area contributed by atoms with E-state index < -0.39 is 4.92 Å². The van der Waals surface area contributed by atoms with Crippen LogP contribution in [0.1, 0.15) is 5.56 Å². The van der Waals surface area contributed by atoms with Gasteiger partial charge in [-0.3, -0.25) is 15.5 Å². The number of non-ortho nitro benzene ring substituents is 1. The summed E-state index contributed by atoms with van der Waals surface area (Å²) in [7, 11) is 0. The molecule has 1 heterocycles. The average molecular weight is 383 g/mol. The van der Waals surface area contributed by atoms with Crippen molar-refractivity contribution in [2.45, 2.75) is 0 Å². The molecule has 0 aliphatic carbocycles. The molecule has 4 rings (SSSR count). The number of nitro benzene ring substituents is 1. The Balaban J connectivity index is 1.70. The van der Waals surface area contributed by atoms with Gasteiger partial charge in [-0.05, 0) is 36.4 Å². The van der Waals surface area contributed by atoms with E-state index in [4.69, 9.17) is 0 Å². The van der Waals surface area contributed by atoms with Crippen molar-refractivity contribution in [2.24, 2.45) is 5.10 Å². The zero-order valence-corrected chi connectivity index (χ0v) is 15.3. The number of nitrogens with zero attached hydrogens (tertiary/aromatic N) is 4. The fourth-order valence-electron chi connectivity index (χ4n) is 2.85. The van der Waals surface area contributed by atoms with Crippen molar-refractivity contribution in [1.29, 1.82) is 0 Å².